The Kier molecular flexibility index (Phi) is 3.73. The van der Waals surface area contributed by atoms with E-state index in [1.165, 1.54) is 0 Å². The van der Waals surface area contributed by atoms with Gasteiger partial charge in [-0.05, 0) is 26.2 Å². The highest BCUT2D eigenvalue weighted by molar-refractivity contribution is 5.81. The minimum absolute atomic E-state index is 0.0320. The van der Waals surface area contributed by atoms with Gasteiger partial charge in [-0.25, -0.2) is 0 Å². The Morgan fingerprint density at radius 2 is 2.29 bits per heavy atom. The van der Waals surface area contributed by atoms with Gasteiger partial charge >= 0.3 is 0 Å². The van der Waals surface area contributed by atoms with Crippen molar-refractivity contribution in [3.63, 3.8) is 0 Å². The Labute approximate surface area is 103 Å². The number of carbonyl (C=O) groups excluding carboxylic acids is 1. The lowest BCUT2D eigenvalue weighted by molar-refractivity contribution is -0.143. The SMILES string of the molecule is CCO[C@@H]1C[C@H](NC(=O)[C@@H]2CCCO2)C1(C)C. The number of rotatable bonds is 4. The first-order valence-corrected chi connectivity index (χ1v) is 6.59. The van der Waals surface area contributed by atoms with Gasteiger partial charge in [0.25, 0.3) is 0 Å². The number of hydrogen-bond acceptors (Lipinski definition) is 3. The van der Waals surface area contributed by atoms with Gasteiger partial charge < -0.3 is 14.8 Å². The van der Waals surface area contributed by atoms with Crippen LogP contribution in [0.5, 0.6) is 0 Å². The van der Waals surface area contributed by atoms with E-state index in [9.17, 15) is 4.79 Å². The maximum atomic E-state index is 11.9. The Hall–Kier alpha value is -0.610. The first-order chi connectivity index (χ1) is 8.05. The van der Waals surface area contributed by atoms with Crippen LogP contribution in [0.1, 0.15) is 40.0 Å². The maximum absolute atomic E-state index is 11.9. The Balaban J connectivity index is 1.82. The van der Waals surface area contributed by atoms with E-state index in [1.54, 1.807) is 0 Å². The summed E-state index contributed by atoms with van der Waals surface area (Å²) in [6, 6.07) is 0.218. The van der Waals surface area contributed by atoms with Crippen molar-refractivity contribution in [2.24, 2.45) is 5.41 Å². The third-order valence-electron chi connectivity index (χ3n) is 4.08. The molecule has 3 atom stereocenters. The molecule has 0 radical (unpaired) electrons. The van der Waals surface area contributed by atoms with Gasteiger partial charge in [0.15, 0.2) is 0 Å². The summed E-state index contributed by atoms with van der Waals surface area (Å²) in [7, 11) is 0. The van der Waals surface area contributed by atoms with Crippen molar-refractivity contribution >= 4 is 5.91 Å². The maximum Gasteiger partial charge on any atom is 0.249 e. The molecule has 0 aromatic heterocycles. The summed E-state index contributed by atoms with van der Waals surface area (Å²) in [6.45, 7) is 7.76. The zero-order valence-corrected chi connectivity index (χ0v) is 11.0. The van der Waals surface area contributed by atoms with Crippen LogP contribution in [0.15, 0.2) is 0 Å². The molecule has 1 aliphatic heterocycles. The molecule has 0 spiro atoms. The van der Waals surface area contributed by atoms with E-state index >= 15 is 0 Å². The summed E-state index contributed by atoms with van der Waals surface area (Å²) >= 11 is 0. The van der Waals surface area contributed by atoms with Crippen molar-refractivity contribution in [1.29, 1.82) is 0 Å². The zero-order chi connectivity index (χ0) is 12.5. The van der Waals surface area contributed by atoms with Crippen LogP contribution in [0.2, 0.25) is 0 Å². The predicted molar refractivity (Wildman–Crippen MR) is 64.7 cm³/mol. The van der Waals surface area contributed by atoms with E-state index in [0.717, 1.165) is 25.9 Å². The molecule has 1 saturated heterocycles. The van der Waals surface area contributed by atoms with E-state index in [4.69, 9.17) is 9.47 Å². The number of hydrogen-bond donors (Lipinski definition) is 1. The number of ether oxygens (including phenoxy) is 2. The molecule has 1 aliphatic carbocycles. The lowest BCUT2D eigenvalue weighted by Crippen LogP contribution is -2.63. The van der Waals surface area contributed by atoms with Gasteiger partial charge in [-0.15, -0.1) is 0 Å². The summed E-state index contributed by atoms with van der Waals surface area (Å²) in [5, 5.41) is 3.09. The molecule has 2 aliphatic rings. The van der Waals surface area contributed by atoms with E-state index in [2.05, 4.69) is 19.2 Å². The summed E-state index contributed by atoms with van der Waals surface area (Å²) in [5.74, 6) is 0.0514. The van der Waals surface area contributed by atoms with Crippen LogP contribution in [0, 0.1) is 5.41 Å². The van der Waals surface area contributed by atoms with Gasteiger partial charge in [-0.2, -0.15) is 0 Å². The molecule has 0 aromatic carbocycles. The summed E-state index contributed by atoms with van der Waals surface area (Å²) in [5.41, 5.74) is 0.0320. The Morgan fingerprint density at radius 1 is 1.53 bits per heavy atom. The molecule has 17 heavy (non-hydrogen) atoms. The first kappa shape index (κ1) is 12.8. The minimum atomic E-state index is -0.225. The van der Waals surface area contributed by atoms with Gasteiger partial charge in [0.05, 0.1) is 6.10 Å². The smallest absolute Gasteiger partial charge is 0.249 e. The molecule has 2 rings (SSSR count). The molecule has 2 fully saturated rings. The average Bonchev–Trinajstić information content (AvgIpc) is 2.81. The van der Waals surface area contributed by atoms with Crippen LogP contribution < -0.4 is 5.32 Å². The normalized spacial score (nSPS) is 35.4. The van der Waals surface area contributed by atoms with Gasteiger partial charge in [-0.1, -0.05) is 13.8 Å². The van der Waals surface area contributed by atoms with Crippen LogP contribution in [-0.4, -0.2) is 37.4 Å². The van der Waals surface area contributed by atoms with Crippen molar-refractivity contribution < 1.29 is 14.3 Å². The lowest BCUT2D eigenvalue weighted by Gasteiger charge is -2.51. The second-order valence-corrected chi connectivity index (χ2v) is 5.56. The molecule has 4 heteroatoms. The standard InChI is InChI=1S/C13H23NO3/c1-4-16-11-8-10(13(11,2)3)14-12(15)9-6-5-7-17-9/h9-11H,4-8H2,1-3H3,(H,14,15)/t9-,10-,11+/m0/s1. The first-order valence-electron chi connectivity index (χ1n) is 6.59. The molecule has 4 nitrogen and oxygen atoms in total. The van der Waals surface area contributed by atoms with E-state index in [-0.39, 0.29) is 29.6 Å². The zero-order valence-electron chi connectivity index (χ0n) is 11.0. The Morgan fingerprint density at radius 3 is 2.82 bits per heavy atom. The highest BCUT2D eigenvalue weighted by atomic mass is 16.5. The van der Waals surface area contributed by atoms with Crippen molar-refractivity contribution in [1.82, 2.24) is 5.32 Å². The van der Waals surface area contributed by atoms with Crippen molar-refractivity contribution in [2.45, 2.75) is 58.3 Å². The third kappa shape index (κ3) is 2.47. The quantitative estimate of drug-likeness (QED) is 0.811. The van der Waals surface area contributed by atoms with E-state index < -0.39 is 0 Å². The van der Waals surface area contributed by atoms with Crippen molar-refractivity contribution in [3.8, 4) is 0 Å². The summed E-state index contributed by atoms with van der Waals surface area (Å²) in [4.78, 5) is 11.9. The van der Waals surface area contributed by atoms with Crippen LogP contribution >= 0.6 is 0 Å². The summed E-state index contributed by atoms with van der Waals surface area (Å²) in [6.07, 6.45) is 2.81. The molecule has 98 valence electrons. The van der Waals surface area contributed by atoms with Crippen LogP contribution in [0.4, 0.5) is 0 Å². The van der Waals surface area contributed by atoms with E-state index in [1.807, 2.05) is 6.92 Å². The third-order valence-corrected chi connectivity index (χ3v) is 4.08. The minimum Gasteiger partial charge on any atom is -0.378 e. The molecule has 1 amide bonds. The highest BCUT2D eigenvalue weighted by Crippen LogP contribution is 2.42. The van der Waals surface area contributed by atoms with E-state index in [0.29, 0.717) is 6.61 Å². The molecule has 1 heterocycles. The fourth-order valence-electron chi connectivity index (χ4n) is 2.66. The lowest BCUT2D eigenvalue weighted by atomic mass is 9.64. The number of nitrogens with one attached hydrogen (secondary N) is 1. The fraction of sp³-hybridized carbons (Fsp3) is 0.923. The summed E-state index contributed by atoms with van der Waals surface area (Å²) < 4.78 is 11.0. The van der Waals surface area contributed by atoms with Crippen LogP contribution in [0.25, 0.3) is 0 Å². The van der Waals surface area contributed by atoms with Gasteiger partial charge in [0.2, 0.25) is 5.91 Å². The van der Waals surface area contributed by atoms with Gasteiger partial charge in [-0.3, -0.25) is 4.79 Å². The second kappa shape index (κ2) is 4.94. The van der Waals surface area contributed by atoms with Crippen LogP contribution in [0.3, 0.4) is 0 Å². The molecule has 1 saturated carbocycles. The fourth-order valence-corrected chi connectivity index (χ4v) is 2.66. The molecule has 0 aromatic rings. The highest BCUT2D eigenvalue weighted by Gasteiger charge is 2.50. The van der Waals surface area contributed by atoms with Crippen LogP contribution in [-0.2, 0) is 14.3 Å². The average molecular weight is 241 g/mol. The molecular weight excluding hydrogens is 218 g/mol. The number of amides is 1. The molecule has 1 N–H and O–H groups in total. The van der Waals surface area contributed by atoms with Gasteiger partial charge in [0.1, 0.15) is 6.10 Å². The van der Waals surface area contributed by atoms with Crippen molar-refractivity contribution in [3.05, 3.63) is 0 Å². The Bertz CT molecular complexity index is 284. The number of carbonyl (C=O) groups is 1. The molecule has 0 unspecified atom stereocenters. The topological polar surface area (TPSA) is 47.6 Å². The largest absolute Gasteiger partial charge is 0.378 e. The monoisotopic (exact) mass is 241 g/mol. The van der Waals surface area contributed by atoms with Gasteiger partial charge in [0, 0.05) is 24.7 Å². The molecule has 0 bridgehead atoms. The molecular formula is C13H23NO3. The second-order valence-electron chi connectivity index (χ2n) is 5.56. The van der Waals surface area contributed by atoms with Crippen molar-refractivity contribution in [2.75, 3.05) is 13.2 Å². The predicted octanol–water partition coefficient (Wildman–Crippen LogP) is 1.49.